The minimum atomic E-state index is -1.31. The maximum Gasteiger partial charge on any atom is 0.246 e. The molecule has 0 aliphatic carbocycles. The van der Waals surface area contributed by atoms with Crippen LogP contribution in [0, 0.1) is 0 Å². The number of carbonyl (C=O) groups excluding carboxylic acids is 1. The number of nitrogens with one attached hydrogen (secondary N) is 1. The van der Waals surface area contributed by atoms with Crippen molar-refractivity contribution in [2.24, 2.45) is 5.73 Å². The van der Waals surface area contributed by atoms with Crippen LogP contribution in [0.25, 0.3) is 0 Å². The van der Waals surface area contributed by atoms with Crippen LogP contribution in [-0.4, -0.2) is 23.2 Å². The Morgan fingerprint density at radius 2 is 1.88 bits per heavy atom. The number of hydrogen-bond acceptors (Lipinski definition) is 4. The monoisotopic (exact) mass is 328 g/mol. The predicted octanol–water partition coefficient (Wildman–Crippen LogP) is 3.25. The molecule has 0 spiro atoms. The number of benzene rings is 2. The number of rotatable bonds is 6. The van der Waals surface area contributed by atoms with Gasteiger partial charge in [0.2, 0.25) is 5.91 Å². The van der Waals surface area contributed by atoms with Gasteiger partial charge in [0, 0.05) is 5.69 Å². The molecule has 2 aromatic carbocycles. The molecule has 0 aromatic heterocycles. The molecular formula is C19H24N2O3. The van der Waals surface area contributed by atoms with E-state index in [1.807, 2.05) is 18.2 Å². The Kier molecular flexibility index (Phi) is 5.59. The van der Waals surface area contributed by atoms with E-state index < -0.39 is 18.1 Å². The number of nitrogens with two attached hydrogens (primary N) is 1. The third kappa shape index (κ3) is 4.57. The molecular weight excluding hydrogens is 304 g/mol. The first-order valence-electron chi connectivity index (χ1n) is 7.91. The number of carbonyl (C=O) groups is 1. The molecule has 1 amide bonds. The number of ether oxygens (including phenoxy) is 1. The first kappa shape index (κ1) is 18.0. The van der Waals surface area contributed by atoms with Gasteiger partial charge in [-0.2, -0.15) is 0 Å². The first-order valence-corrected chi connectivity index (χ1v) is 7.91. The molecule has 0 aliphatic heterocycles. The molecule has 0 bridgehead atoms. The highest BCUT2D eigenvalue weighted by Crippen LogP contribution is 2.26. The van der Waals surface area contributed by atoms with Crippen LogP contribution in [0.4, 0.5) is 5.69 Å². The van der Waals surface area contributed by atoms with Crippen LogP contribution in [0.2, 0.25) is 0 Å². The van der Waals surface area contributed by atoms with E-state index in [0.29, 0.717) is 17.4 Å². The van der Waals surface area contributed by atoms with Gasteiger partial charge in [-0.3, -0.25) is 4.79 Å². The molecule has 5 nitrogen and oxygen atoms in total. The van der Waals surface area contributed by atoms with Crippen molar-refractivity contribution < 1.29 is 14.6 Å². The van der Waals surface area contributed by atoms with Gasteiger partial charge in [0.25, 0.3) is 0 Å². The van der Waals surface area contributed by atoms with Gasteiger partial charge in [0.05, 0.1) is 6.61 Å². The minimum absolute atomic E-state index is 0.424. The Bertz CT molecular complexity index is 694. The third-order valence-electron chi connectivity index (χ3n) is 3.72. The summed E-state index contributed by atoms with van der Waals surface area (Å²) in [5.74, 6) is 1.44. The lowest BCUT2D eigenvalue weighted by Gasteiger charge is -2.20. The second-order valence-electron chi connectivity index (χ2n) is 6.38. The lowest BCUT2D eigenvalue weighted by molar-refractivity contribution is -0.121. The fourth-order valence-electron chi connectivity index (χ4n) is 2.03. The molecule has 2 aromatic rings. The van der Waals surface area contributed by atoms with Crippen LogP contribution in [-0.2, 0) is 4.79 Å². The second kappa shape index (κ2) is 7.47. The summed E-state index contributed by atoms with van der Waals surface area (Å²) in [7, 11) is 0. The van der Waals surface area contributed by atoms with Gasteiger partial charge in [0.15, 0.2) is 0 Å². The molecule has 24 heavy (non-hydrogen) atoms. The minimum Gasteiger partial charge on any atom is -0.457 e. The zero-order valence-corrected chi connectivity index (χ0v) is 14.2. The number of hydrogen-bond donors (Lipinski definition) is 3. The van der Waals surface area contributed by atoms with E-state index in [1.165, 1.54) is 12.5 Å². The topological polar surface area (TPSA) is 84.6 Å². The summed E-state index contributed by atoms with van der Waals surface area (Å²) < 4.78 is 5.84. The number of anilines is 1. The van der Waals surface area contributed by atoms with Crippen LogP contribution in [0.5, 0.6) is 11.5 Å². The Morgan fingerprint density at radius 1 is 1.21 bits per heavy atom. The van der Waals surface area contributed by atoms with Crippen molar-refractivity contribution in [2.75, 3.05) is 11.9 Å². The van der Waals surface area contributed by atoms with Crippen molar-refractivity contribution in [1.82, 2.24) is 0 Å². The number of aliphatic hydroxyl groups excluding tert-OH is 1. The fraction of sp³-hybridized carbons (Fsp3) is 0.316. The summed E-state index contributed by atoms with van der Waals surface area (Å²) >= 11 is 0. The zero-order chi connectivity index (χ0) is 17.7. The van der Waals surface area contributed by atoms with Crippen molar-refractivity contribution >= 4 is 11.6 Å². The average Bonchev–Trinajstić information content (AvgIpc) is 2.56. The van der Waals surface area contributed by atoms with Gasteiger partial charge in [-0.25, -0.2) is 0 Å². The highest BCUT2D eigenvalue weighted by molar-refractivity contribution is 5.97. The molecule has 5 heteroatoms. The van der Waals surface area contributed by atoms with Crippen LogP contribution in [0.1, 0.15) is 32.3 Å². The van der Waals surface area contributed by atoms with Gasteiger partial charge < -0.3 is 20.9 Å². The second-order valence-corrected chi connectivity index (χ2v) is 6.38. The molecule has 4 N–H and O–H groups in total. The summed E-state index contributed by atoms with van der Waals surface area (Å²) in [6.45, 7) is 5.32. The van der Waals surface area contributed by atoms with Gasteiger partial charge >= 0.3 is 0 Å². The molecule has 0 saturated heterocycles. The predicted molar refractivity (Wildman–Crippen MR) is 95.4 cm³/mol. The molecule has 0 heterocycles. The molecule has 0 fully saturated rings. The highest BCUT2D eigenvalue weighted by atomic mass is 16.5. The molecule has 0 radical (unpaired) electrons. The van der Waals surface area contributed by atoms with Crippen molar-refractivity contribution in [2.45, 2.75) is 32.2 Å². The van der Waals surface area contributed by atoms with Gasteiger partial charge in [-0.1, -0.05) is 26.0 Å². The summed E-state index contributed by atoms with van der Waals surface area (Å²) in [5.41, 5.74) is 6.18. The summed E-state index contributed by atoms with van der Waals surface area (Å²) in [4.78, 5) is 11.9. The van der Waals surface area contributed by atoms with E-state index in [9.17, 15) is 4.79 Å². The molecule has 1 unspecified atom stereocenters. The lowest BCUT2D eigenvalue weighted by Crippen LogP contribution is -2.51. The molecule has 0 saturated carbocycles. The Hall–Kier alpha value is -2.37. The maximum absolute atomic E-state index is 11.9. The van der Waals surface area contributed by atoms with Crippen molar-refractivity contribution in [3.63, 3.8) is 0 Å². The smallest absolute Gasteiger partial charge is 0.246 e. The van der Waals surface area contributed by atoms with Gasteiger partial charge in [0.1, 0.15) is 17.0 Å². The maximum atomic E-state index is 11.9. The SMILES string of the molecule is CC(C)c1cccc(Oc2ccc(NC(=O)C(C)(N)CO)cc2)c1. The third-order valence-corrected chi connectivity index (χ3v) is 3.72. The van der Waals surface area contributed by atoms with Crippen LogP contribution < -0.4 is 15.8 Å². The van der Waals surface area contributed by atoms with Crippen LogP contribution in [0.3, 0.4) is 0 Å². The molecule has 0 aliphatic rings. The van der Waals surface area contributed by atoms with E-state index in [1.54, 1.807) is 24.3 Å². The quantitative estimate of drug-likeness (QED) is 0.760. The largest absolute Gasteiger partial charge is 0.457 e. The van der Waals surface area contributed by atoms with E-state index >= 15 is 0 Å². The summed E-state index contributed by atoms with van der Waals surface area (Å²) in [5, 5.41) is 11.8. The average molecular weight is 328 g/mol. The van der Waals surface area contributed by atoms with Crippen molar-refractivity contribution in [3.8, 4) is 11.5 Å². The summed E-state index contributed by atoms with van der Waals surface area (Å²) in [6, 6.07) is 15.0. The number of amides is 1. The highest BCUT2D eigenvalue weighted by Gasteiger charge is 2.27. The van der Waals surface area contributed by atoms with E-state index in [4.69, 9.17) is 15.6 Å². The van der Waals surface area contributed by atoms with E-state index in [0.717, 1.165) is 5.75 Å². The lowest BCUT2D eigenvalue weighted by atomic mass is 10.0. The molecule has 128 valence electrons. The van der Waals surface area contributed by atoms with Crippen LogP contribution >= 0.6 is 0 Å². The Morgan fingerprint density at radius 3 is 2.46 bits per heavy atom. The standard InChI is InChI=1S/C19H24N2O3/c1-13(2)14-5-4-6-17(11-14)24-16-9-7-15(8-10-16)21-18(23)19(3,20)12-22/h4-11,13,22H,12,20H2,1-3H3,(H,21,23). The Balaban J connectivity index is 2.05. The normalized spacial score (nSPS) is 13.4. The van der Waals surface area contributed by atoms with E-state index in [-0.39, 0.29) is 0 Å². The molecule has 1 atom stereocenters. The summed E-state index contributed by atoms with van der Waals surface area (Å²) in [6.07, 6.45) is 0. The zero-order valence-electron chi connectivity index (χ0n) is 14.2. The van der Waals surface area contributed by atoms with E-state index in [2.05, 4.69) is 25.2 Å². The van der Waals surface area contributed by atoms with Crippen molar-refractivity contribution in [3.05, 3.63) is 54.1 Å². The van der Waals surface area contributed by atoms with Crippen LogP contribution in [0.15, 0.2) is 48.5 Å². The van der Waals surface area contributed by atoms with Crippen molar-refractivity contribution in [1.29, 1.82) is 0 Å². The van der Waals surface area contributed by atoms with Gasteiger partial charge in [-0.15, -0.1) is 0 Å². The van der Waals surface area contributed by atoms with Gasteiger partial charge in [-0.05, 0) is 54.8 Å². The number of aliphatic hydroxyl groups is 1. The first-order chi connectivity index (χ1) is 11.3. The fourth-order valence-corrected chi connectivity index (χ4v) is 2.03. The Labute approximate surface area is 142 Å². The molecule has 2 rings (SSSR count).